The summed E-state index contributed by atoms with van der Waals surface area (Å²) in [6, 6.07) is 2.03. The van der Waals surface area contributed by atoms with E-state index in [1.165, 1.54) is 6.42 Å². The van der Waals surface area contributed by atoms with Crippen LogP contribution in [-0.4, -0.2) is 41.6 Å². The van der Waals surface area contributed by atoms with E-state index in [1.807, 2.05) is 11.8 Å². The molecule has 0 aliphatic carbocycles. The van der Waals surface area contributed by atoms with Gasteiger partial charge in [0.25, 0.3) is 5.91 Å². The first-order valence-electron chi connectivity index (χ1n) is 6.19. The Hall–Kier alpha value is -1.36. The number of nitrogens with one attached hydrogen (secondary N) is 1. The van der Waals surface area contributed by atoms with Crippen LogP contribution >= 0.6 is 0 Å². The van der Waals surface area contributed by atoms with Gasteiger partial charge in [0.2, 0.25) is 5.76 Å². The third-order valence-electron chi connectivity index (χ3n) is 3.72. The molecule has 2 bridgehead atoms. The number of amides is 1. The molecule has 1 aromatic rings. The molecular formula is C12H17N3O2. The lowest BCUT2D eigenvalue weighted by Crippen LogP contribution is -2.47. The van der Waals surface area contributed by atoms with Crippen molar-refractivity contribution in [3.05, 3.63) is 17.5 Å². The van der Waals surface area contributed by atoms with Crippen molar-refractivity contribution in [3.63, 3.8) is 0 Å². The van der Waals surface area contributed by atoms with Gasteiger partial charge in [-0.25, -0.2) is 0 Å². The molecule has 1 aromatic heterocycles. The van der Waals surface area contributed by atoms with Crippen molar-refractivity contribution in [1.82, 2.24) is 15.4 Å². The molecule has 0 saturated carbocycles. The standard InChI is InChI=1S/C12H17N3O2/c1-8-4-11(17-14-8)12(16)15-7-9-2-3-10(15)6-13-5-9/h4,9-10,13H,2-3,5-7H2,1H3. The van der Waals surface area contributed by atoms with Crippen molar-refractivity contribution in [2.24, 2.45) is 5.92 Å². The average Bonchev–Trinajstić information content (AvgIpc) is 2.55. The SMILES string of the molecule is Cc1cc(C(=O)N2CC3CCC2CNC3)on1. The van der Waals surface area contributed by atoms with Crippen LogP contribution in [0.5, 0.6) is 0 Å². The third-order valence-corrected chi connectivity index (χ3v) is 3.72. The molecule has 0 spiro atoms. The maximum absolute atomic E-state index is 12.3. The van der Waals surface area contributed by atoms with Crippen LogP contribution in [0, 0.1) is 12.8 Å². The predicted octanol–water partition coefficient (Wildman–Crippen LogP) is 0.807. The summed E-state index contributed by atoms with van der Waals surface area (Å²) >= 11 is 0. The molecule has 3 saturated heterocycles. The van der Waals surface area contributed by atoms with Gasteiger partial charge in [0, 0.05) is 25.2 Å². The molecule has 5 nitrogen and oxygen atoms in total. The number of aryl methyl sites for hydroxylation is 1. The third kappa shape index (κ3) is 1.95. The average molecular weight is 235 g/mol. The van der Waals surface area contributed by atoms with E-state index in [9.17, 15) is 4.79 Å². The van der Waals surface area contributed by atoms with Gasteiger partial charge in [-0.2, -0.15) is 0 Å². The van der Waals surface area contributed by atoms with Gasteiger partial charge in [-0.1, -0.05) is 5.16 Å². The number of piperidine rings is 1. The summed E-state index contributed by atoms with van der Waals surface area (Å²) in [5.74, 6) is 0.945. The maximum atomic E-state index is 12.3. The normalized spacial score (nSPS) is 28.2. The summed E-state index contributed by atoms with van der Waals surface area (Å²) in [5.41, 5.74) is 0.756. The van der Waals surface area contributed by atoms with Gasteiger partial charge in [0.05, 0.1) is 5.69 Å². The summed E-state index contributed by atoms with van der Waals surface area (Å²) in [6.45, 7) is 4.59. The Labute approximate surface area is 100 Å². The zero-order valence-electron chi connectivity index (χ0n) is 9.98. The van der Waals surface area contributed by atoms with E-state index in [1.54, 1.807) is 6.07 Å². The van der Waals surface area contributed by atoms with Gasteiger partial charge >= 0.3 is 0 Å². The summed E-state index contributed by atoms with van der Waals surface area (Å²) in [7, 11) is 0. The van der Waals surface area contributed by atoms with Crippen molar-refractivity contribution in [2.75, 3.05) is 19.6 Å². The Morgan fingerprint density at radius 1 is 1.53 bits per heavy atom. The van der Waals surface area contributed by atoms with E-state index >= 15 is 0 Å². The van der Waals surface area contributed by atoms with E-state index < -0.39 is 0 Å². The molecule has 0 aromatic carbocycles. The van der Waals surface area contributed by atoms with Crippen LogP contribution in [0.25, 0.3) is 0 Å². The number of hydrogen-bond acceptors (Lipinski definition) is 4. The van der Waals surface area contributed by atoms with Crippen molar-refractivity contribution in [1.29, 1.82) is 0 Å². The van der Waals surface area contributed by atoms with E-state index in [4.69, 9.17) is 4.52 Å². The van der Waals surface area contributed by atoms with Crippen LogP contribution in [-0.2, 0) is 0 Å². The van der Waals surface area contributed by atoms with Crippen LogP contribution in [0.2, 0.25) is 0 Å². The Morgan fingerprint density at radius 2 is 2.41 bits per heavy atom. The number of aromatic nitrogens is 1. The summed E-state index contributed by atoms with van der Waals surface area (Å²) in [4.78, 5) is 14.3. The van der Waals surface area contributed by atoms with Crippen molar-refractivity contribution in [2.45, 2.75) is 25.8 Å². The summed E-state index contributed by atoms with van der Waals surface area (Å²) in [5, 5.41) is 7.19. The molecule has 3 fully saturated rings. The van der Waals surface area contributed by atoms with Crippen LogP contribution in [0.1, 0.15) is 29.1 Å². The van der Waals surface area contributed by atoms with Gasteiger partial charge in [0.1, 0.15) is 0 Å². The van der Waals surface area contributed by atoms with E-state index in [0.29, 0.717) is 17.7 Å². The van der Waals surface area contributed by atoms with E-state index in [-0.39, 0.29) is 5.91 Å². The van der Waals surface area contributed by atoms with Crippen molar-refractivity contribution < 1.29 is 9.32 Å². The Kier molecular flexibility index (Phi) is 2.63. The second-order valence-corrected chi connectivity index (χ2v) is 5.05. The maximum Gasteiger partial charge on any atom is 0.292 e. The predicted molar refractivity (Wildman–Crippen MR) is 61.7 cm³/mol. The first-order valence-corrected chi connectivity index (χ1v) is 6.19. The molecule has 3 aliphatic heterocycles. The molecule has 5 heteroatoms. The summed E-state index contributed by atoms with van der Waals surface area (Å²) in [6.07, 6.45) is 2.31. The van der Waals surface area contributed by atoms with E-state index in [0.717, 1.165) is 31.7 Å². The second kappa shape index (κ2) is 4.14. The molecule has 1 N–H and O–H groups in total. The van der Waals surface area contributed by atoms with Gasteiger partial charge in [-0.3, -0.25) is 4.79 Å². The second-order valence-electron chi connectivity index (χ2n) is 5.05. The number of fused-ring (bicyclic) bond motifs is 4. The first-order chi connectivity index (χ1) is 8.24. The van der Waals surface area contributed by atoms with Crippen LogP contribution < -0.4 is 5.32 Å². The van der Waals surface area contributed by atoms with E-state index in [2.05, 4.69) is 10.5 Å². The zero-order chi connectivity index (χ0) is 11.8. The molecule has 0 radical (unpaired) electrons. The van der Waals surface area contributed by atoms with Gasteiger partial charge < -0.3 is 14.7 Å². The van der Waals surface area contributed by atoms with Gasteiger partial charge in [0.15, 0.2) is 0 Å². The minimum atomic E-state index is -0.0102. The minimum absolute atomic E-state index is 0.0102. The Balaban J connectivity index is 1.82. The quantitative estimate of drug-likeness (QED) is 0.782. The molecule has 3 aliphatic rings. The highest BCUT2D eigenvalue weighted by Crippen LogP contribution is 2.25. The fourth-order valence-corrected chi connectivity index (χ4v) is 2.79. The highest BCUT2D eigenvalue weighted by atomic mass is 16.5. The topological polar surface area (TPSA) is 58.4 Å². The Bertz CT molecular complexity index is 425. The number of carbonyl (C=O) groups is 1. The molecule has 4 heterocycles. The molecule has 1 amide bonds. The lowest BCUT2D eigenvalue weighted by atomic mass is 9.95. The molecule has 17 heavy (non-hydrogen) atoms. The monoisotopic (exact) mass is 235 g/mol. The molecule has 2 atom stereocenters. The first kappa shape index (κ1) is 10.8. The van der Waals surface area contributed by atoms with Crippen molar-refractivity contribution >= 4 is 5.91 Å². The highest BCUT2D eigenvalue weighted by Gasteiger charge is 2.35. The number of carbonyl (C=O) groups excluding carboxylic acids is 1. The van der Waals surface area contributed by atoms with Crippen LogP contribution in [0.3, 0.4) is 0 Å². The zero-order valence-corrected chi connectivity index (χ0v) is 9.98. The minimum Gasteiger partial charge on any atom is -0.351 e. The largest absolute Gasteiger partial charge is 0.351 e. The fourth-order valence-electron chi connectivity index (χ4n) is 2.79. The molecule has 92 valence electrons. The lowest BCUT2D eigenvalue weighted by molar-refractivity contribution is 0.0549. The van der Waals surface area contributed by atoms with Crippen molar-refractivity contribution in [3.8, 4) is 0 Å². The van der Waals surface area contributed by atoms with Gasteiger partial charge in [-0.05, 0) is 32.2 Å². The molecule has 2 unspecified atom stereocenters. The smallest absolute Gasteiger partial charge is 0.292 e. The van der Waals surface area contributed by atoms with Gasteiger partial charge in [-0.15, -0.1) is 0 Å². The Morgan fingerprint density at radius 3 is 3.18 bits per heavy atom. The van der Waals surface area contributed by atoms with Crippen LogP contribution in [0.15, 0.2) is 10.6 Å². The fraction of sp³-hybridized carbons (Fsp3) is 0.667. The number of hydrogen-bond donors (Lipinski definition) is 1. The molecule has 4 rings (SSSR count). The number of nitrogens with zero attached hydrogens (tertiary/aromatic N) is 2. The number of rotatable bonds is 1. The summed E-state index contributed by atoms with van der Waals surface area (Å²) < 4.78 is 5.07. The lowest BCUT2D eigenvalue weighted by Gasteiger charge is -2.35. The molecular weight excluding hydrogens is 218 g/mol. The highest BCUT2D eigenvalue weighted by molar-refractivity contribution is 5.91. The van der Waals surface area contributed by atoms with Crippen LogP contribution in [0.4, 0.5) is 0 Å².